The molecule has 1 unspecified atom stereocenters. The SMILES string of the molecule is CCC(C)C(=O)O[C@H]1[C@H](OC(=O)/C=C/c2ccccc2)C(C)(C)C[C@H]2C3=CC[C@@H]4[C@@]5(C)CC[C@H](O[C@@H]6O[C@H](CO)[C@@H](O[C@@H]7O[C@@H](CO)[C@H](O)[C@H]7O)[C@H](O)[C@H]6O[C@@H]6O[C@H](CO)[C@@H](O)[C@H](O)[C@H]6O)C(C)(C)[C@@H]5CC[C@@]4(C)[C@]3(C)[C@@H](O)[C@@H](O)[C@]21CO. The molecule has 3 aliphatic heterocycles. The zero-order valence-electron chi connectivity index (χ0n) is 49.1. The molecule has 0 aromatic heterocycles. The van der Waals surface area contributed by atoms with Gasteiger partial charge in [0.05, 0.1) is 56.1 Å². The monoisotopic (exact) mass is 1180 g/mol. The fourth-order valence-corrected chi connectivity index (χ4v) is 16.9. The third-order valence-electron chi connectivity index (χ3n) is 22.1. The minimum absolute atomic E-state index is 0.0770. The van der Waals surface area contributed by atoms with Gasteiger partial charge in [-0.3, -0.25) is 4.79 Å². The highest BCUT2D eigenvalue weighted by Gasteiger charge is 2.76. The van der Waals surface area contributed by atoms with Crippen molar-refractivity contribution in [2.75, 3.05) is 26.4 Å². The summed E-state index contributed by atoms with van der Waals surface area (Å²) < 4.78 is 49.6. The van der Waals surface area contributed by atoms with Crippen LogP contribution >= 0.6 is 0 Å². The van der Waals surface area contributed by atoms with Gasteiger partial charge >= 0.3 is 11.9 Å². The number of carbonyl (C=O) groups is 2. The van der Waals surface area contributed by atoms with E-state index in [1.54, 1.807) is 13.0 Å². The highest BCUT2D eigenvalue weighted by atomic mass is 16.8. The van der Waals surface area contributed by atoms with Gasteiger partial charge in [-0.25, -0.2) is 4.79 Å². The van der Waals surface area contributed by atoms with Crippen molar-refractivity contribution >= 4 is 18.0 Å². The Morgan fingerprint density at radius 1 is 0.663 bits per heavy atom. The van der Waals surface area contributed by atoms with Gasteiger partial charge in [-0.1, -0.05) is 104 Å². The van der Waals surface area contributed by atoms with Crippen LogP contribution in [0, 0.1) is 56.2 Å². The zero-order valence-corrected chi connectivity index (χ0v) is 49.1. The van der Waals surface area contributed by atoms with Gasteiger partial charge in [0.15, 0.2) is 25.0 Å². The molecular weight excluding hydrogens is 1080 g/mol. The van der Waals surface area contributed by atoms with Crippen LogP contribution in [0.15, 0.2) is 48.1 Å². The van der Waals surface area contributed by atoms with E-state index in [4.69, 9.17) is 37.9 Å². The molecule has 468 valence electrons. The van der Waals surface area contributed by atoms with E-state index in [1.807, 2.05) is 58.0 Å². The Morgan fingerprint density at radius 2 is 1.25 bits per heavy atom. The van der Waals surface area contributed by atoms with Crippen molar-refractivity contribution in [2.45, 2.75) is 224 Å². The number of hydrogen-bond donors (Lipinski definition) is 12. The second kappa shape index (κ2) is 24.1. The molecule has 1 aromatic carbocycles. The summed E-state index contributed by atoms with van der Waals surface area (Å²) in [6.07, 6.45) is -20.6. The summed E-state index contributed by atoms with van der Waals surface area (Å²) in [5, 5.41) is 135. The summed E-state index contributed by atoms with van der Waals surface area (Å²) in [6, 6.07) is 9.21. The smallest absolute Gasteiger partial charge is 0.331 e. The number of esters is 2. The molecule has 1 aromatic rings. The maximum atomic E-state index is 14.0. The summed E-state index contributed by atoms with van der Waals surface area (Å²) in [7, 11) is 0. The average molecular weight is 1180 g/mol. The van der Waals surface area contributed by atoms with Crippen LogP contribution in [0.4, 0.5) is 0 Å². The summed E-state index contributed by atoms with van der Waals surface area (Å²) in [6.45, 7) is 15.1. The molecule has 3 heterocycles. The van der Waals surface area contributed by atoms with Gasteiger partial charge in [-0.2, -0.15) is 0 Å². The van der Waals surface area contributed by atoms with Gasteiger partial charge in [0, 0.05) is 16.9 Å². The summed E-state index contributed by atoms with van der Waals surface area (Å²) >= 11 is 0. The van der Waals surface area contributed by atoms with Gasteiger partial charge in [0.2, 0.25) is 0 Å². The Hall–Kier alpha value is -3.08. The molecule has 9 rings (SSSR count). The molecule has 12 N–H and O–H groups in total. The van der Waals surface area contributed by atoms with Crippen LogP contribution in [-0.4, -0.2) is 216 Å². The van der Waals surface area contributed by atoms with Gasteiger partial charge in [-0.05, 0) is 90.6 Å². The van der Waals surface area contributed by atoms with E-state index >= 15 is 0 Å². The highest BCUT2D eigenvalue weighted by molar-refractivity contribution is 5.87. The topological polar surface area (TPSA) is 351 Å². The lowest BCUT2D eigenvalue weighted by atomic mass is 9.32. The number of aliphatic hydroxyl groups excluding tert-OH is 12. The first kappa shape index (κ1) is 64.4. The Kier molecular flexibility index (Phi) is 18.7. The molecule has 7 fully saturated rings. The van der Waals surface area contributed by atoms with E-state index in [1.165, 1.54) is 6.08 Å². The fourth-order valence-electron chi connectivity index (χ4n) is 16.9. The number of ether oxygens (including phenoxy) is 8. The average Bonchev–Trinajstić information content (AvgIpc) is 1.11. The van der Waals surface area contributed by atoms with Crippen molar-refractivity contribution in [1.82, 2.24) is 0 Å². The van der Waals surface area contributed by atoms with E-state index in [2.05, 4.69) is 33.8 Å². The van der Waals surface area contributed by atoms with Crippen LogP contribution in [0.2, 0.25) is 0 Å². The van der Waals surface area contributed by atoms with Crippen LogP contribution in [0.3, 0.4) is 0 Å². The first-order valence-corrected chi connectivity index (χ1v) is 29.7. The number of fused-ring (bicyclic) bond motifs is 7. The molecular formula is C61H92O22. The van der Waals surface area contributed by atoms with E-state index in [-0.39, 0.29) is 11.8 Å². The quantitative estimate of drug-likeness (QED) is 0.0475. The minimum Gasteiger partial charge on any atom is -0.457 e. The van der Waals surface area contributed by atoms with Gasteiger partial charge < -0.3 is 99.2 Å². The first-order chi connectivity index (χ1) is 39.1. The summed E-state index contributed by atoms with van der Waals surface area (Å²) in [5.74, 6) is -2.68. The number of aliphatic hydroxyl groups is 12. The van der Waals surface area contributed by atoms with E-state index in [0.717, 1.165) is 11.1 Å². The Morgan fingerprint density at radius 3 is 1.86 bits per heavy atom. The van der Waals surface area contributed by atoms with Crippen LogP contribution in [0.25, 0.3) is 6.08 Å². The van der Waals surface area contributed by atoms with E-state index in [9.17, 15) is 70.9 Å². The number of rotatable bonds is 16. The molecule has 8 aliphatic rings. The molecule has 27 atom stereocenters. The molecule has 0 spiro atoms. The van der Waals surface area contributed by atoms with Crippen LogP contribution in [0.5, 0.6) is 0 Å². The summed E-state index contributed by atoms with van der Waals surface area (Å²) in [5.41, 5.74) is -3.89. The lowest BCUT2D eigenvalue weighted by Crippen LogP contribution is -2.76. The van der Waals surface area contributed by atoms with E-state index < -0.39 is 199 Å². The number of allylic oxidation sites excluding steroid dienone is 1. The third-order valence-corrected chi connectivity index (χ3v) is 22.1. The molecule has 22 nitrogen and oxygen atoms in total. The molecule has 5 aliphatic carbocycles. The standard InChI is InChI=1S/C61H92O22/c1-10-29(2)52(75)83-51-50(80-39(66)19-16-30-14-12-11-13-15-30)56(3,4)24-32-31-17-18-37-58(7)22-21-38(57(5,6)36(58)20-23-59(37,8)60(31,9)48(73)49(74)61(32,51)28-65)79-55-47(82-54-44(71)42(69)40(67)33(25-62)76-54)45(72)46(35(27-64)78-55)81-53-43(70)41(68)34(26-63)77-53/h11-17,19,29,32-38,40-51,53-55,62-65,67-74H,10,18,20-28H2,1-9H3/b19-16+/t29?,32-,33+,34-,35+,36-,37+,38-,40+,41-,42-,43+,44+,45-,46+,47+,48-,49+,50-,51-,53-,54-,55-,58-,59+,60-,61-/m0/s1. The normalized spacial score (nSPS) is 47.7. The molecule has 83 heavy (non-hydrogen) atoms. The maximum Gasteiger partial charge on any atom is 0.331 e. The van der Waals surface area contributed by atoms with Crippen LogP contribution < -0.4 is 0 Å². The lowest BCUT2D eigenvalue weighted by molar-refractivity contribution is -0.387. The number of benzene rings is 1. The molecule has 22 heteroatoms. The zero-order chi connectivity index (χ0) is 60.7. The van der Waals surface area contributed by atoms with Crippen molar-refractivity contribution in [1.29, 1.82) is 0 Å². The maximum absolute atomic E-state index is 14.0. The highest BCUT2D eigenvalue weighted by Crippen LogP contribution is 2.76. The van der Waals surface area contributed by atoms with Crippen LogP contribution in [0.1, 0.15) is 113 Å². The third kappa shape index (κ3) is 10.6. The fraction of sp³-hybridized carbons (Fsp3) is 0.803. The Labute approximate surface area is 485 Å². The molecule has 4 saturated carbocycles. The number of carbonyl (C=O) groups excluding carboxylic acids is 2. The largest absolute Gasteiger partial charge is 0.457 e. The molecule has 0 bridgehead atoms. The Balaban J connectivity index is 1.02. The van der Waals surface area contributed by atoms with Crippen molar-refractivity contribution < 1.29 is 109 Å². The van der Waals surface area contributed by atoms with Gasteiger partial charge in [0.25, 0.3) is 0 Å². The van der Waals surface area contributed by atoms with Crippen molar-refractivity contribution in [3.63, 3.8) is 0 Å². The van der Waals surface area contributed by atoms with Gasteiger partial charge in [-0.15, -0.1) is 0 Å². The molecule has 0 amide bonds. The second-order valence-corrected chi connectivity index (χ2v) is 27.1. The van der Waals surface area contributed by atoms with E-state index in [0.29, 0.717) is 44.9 Å². The lowest BCUT2D eigenvalue weighted by Gasteiger charge is -2.73. The van der Waals surface area contributed by atoms with Gasteiger partial charge in [0.1, 0.15) is 73.2 Å². The predicted octanol–water partition coefficient (Wildman–Crippen LogP) is 0.998. The summed E-state index contributed by atoms with van der Waals surface area (Å²) in [4.78, 5) is 27.9. The first-order valence-electron chi connectivity index (χ1n) is 29.7. The Bertz CT molecular complexity index is 2490. The predicted molar refractivity (Wildman–Crippen MR) is 292 cm³/mol. The van der Waals surface area contributed by atoms with Crippen molar-refractivity contribution in [2.24, 2.45) is 56.2 Å². The minimum atomic E-state index is -1.91. The molecule has 0 radical (unpaired) electrons. The second-order valence-electron chi connectivity index (χ2n) is 27.1. The van der Waals surface area contributed by atoms with Crippen LogP contribution in [-0.2, 0) is 47.5 Å². The van der Waals surface area contributed by atoms with Crippen molar-refractivity contribution in [3.05, 3.63) is 53.6 Å². The number of hydrogen-bond acceptors (Lipinski definition) is 22. The molecule has 3 saturated heterocycles. The van der Waals surface area contributed by atoms with Crippen molar-refractivity contribution in [3.8, 4) is 0 Å².